The average Bonchev–Trinajstić information content (AvgIpc) is 3.28. The number of aromatic nitrogens is 1. The molecule has 0 saturated carbocycles. The van der Waals surface area contributed by atoms with Gasteiger partial charge in [-0.1, -0.05) is 60.2 Å². The third kappa shape index (κ3) is 4.28. The Hall–Kier alpha value is -4.03. The van der Waals surface area contributed by atoms with Gasteiger partial charge in [0.2, 0.25) is 0 Å². The fourth-order valence-electron chi connectivity index (χ4n) is 4.03. The van der Waals surface area contributed by atoms with E-state index in [9.17, 15) is 9.59 Å². The first kappa shape index (κ1) is 21.8. The Kier molecular flexibility index (Phi) is 5.82. The van der Waals surface area contributed by atoms with E-state index < -0.39 is 5.97 Å². The summed E-state index contributed by atoms with van der Waals surface area (Å²) in [5.74, 6) is -0.929. The average molecular weight is 467 g/mol. The van der Waals surface area contributed by atoms with Crippen molar-refractivity contribution in [3.05, 3.63) is 95.6 Å². The van der Waals surface area contributed by atoms with Crippen molar-refractivity contribution >= 4 is 49.9 Å². The number of thiazole rings is 1. The molecule has 34 heavy (non-hydrogen) atoms. The van der Waals surface area contributed by atoms with Crippen molar-refractivity contribution in [1.29, 1.82) is 0 Å². The normalized spacial score (nSPS) is 11.0. The molecule has 1 heterocycles. The van der Waals surface area contributed by atoms with Gasteiger partial charge in [-0.15, -0.1) is 11.3 Å². The maximum absolute atomic E-state index is 13.1. The second-order valence-corrected chi connectivity index (χ2v) is 9.17. The van der Waals surface area contributed by atoms with Gasteiger partial charge < -0.3 is 10.1 Å². The van der Waals surface area contributed by atoms with Crippen LogP contribution in [0.5, 0.6) is 0 Å². The summed E-state index contributed by atoms with van der Waals surface area (Å²) in [6.45, 7) is 3.55. The molecule has 1 N–H and O–H groups in total. The first-order valence-electron chi connectivity index (χ1n) is 10.9. The highest BCUT2D eigenvalue weighted by atomic mass is 32.1. The molecule has 0 spiro atoms. The molecular weight excluding hydrogens is 444 g/mol. The van der Waals surface area contributed by atoms with Crippen molar-refractivity contribution in [3.8, 4) is 10.6 Å². The number of esters is 1. The Labute approximate surface area is 201 Å². The zero-order valence-electron chi connectivity index (χ0n) is 18.8. The van der Waals surface area contributed by atoms with Crippen LogP contribution < -0.4 is 5.32 Å². The molecule has 6 heteroatoms. The predicted octanol–water partition coefficient (Wildman–Crippen LogP) is 6.53. The van der Waals surface area contributed by atoms with Gasteiger partial charge in [-0.25, -0.2) is 9.78 Å². The van der Waals surface area contributed by atoms with E-state index in [2.05, 4.69) is 5.32 Å². The molecule has 1 amide bonds. The molecule has 5 nitrogen and oxygen atoms in total. The summed E-state index contributed by atoms with van der Waals surface area (Å²) < 4.78 is 6.50. The molecule has 0 aliphatic rings. The van der Waals surface area contributed by atoms with Crippen LogP contribution in [0.25, 0.3) is 31.6 Å². The van der Waals surface area contributed by atoms with Gasteiger partial charge in [0.15, 0.2) is 6.61 Å². The second kappa shape index (κ2) is 9.08. The minimum atomic E-state index is -0.546. The molecular formula is C28H22N2O3S. The number of carbonyl (C=O) groups is 2. The summed E-state index contributed by atoms with van der Waals surface area (Å²) >= 11 is 1.58. The van der Waals surface area contributed by atoms with E-state index in [1.54, 1.807) is 17.4 Å². The lowest BCUT2D eigenvalue weighted by Gasteiger charge is -2.12. The van der Waals surface area contributed by atoms with Crippen LogP contribution in [0.1, 0.15) is 21.5 Å². The molecule has 4 aromatic carbocycles. The number of benzene rings is 4. The minimum absolute atomic E-state index is 0.369. The van der Waals surface area contributed by atoms with Gasteiger partial charge in [-0.05, 0) is 49.1 Å². The van der Waals surface area contributed by atoms with Crippen LogP contribution in [0.15, 0.2) is 78.9 Å². The largest absolute Gasteiger partial charge is 0.452 e. The van der Waals surface area contributed by atoms with Crippen molar-refractivity contribution in [1.82, 2.24) is 4.98 Å². The highest BCUT2D eigenvalue weighted by molar-refractivity contribution is 7.21. The molecule has 0 bridgehead atoms. The third-order valence-electron chi connectivity index (χ3n) is 5.64. The van der Waals surface area contributed by atoms with Crippen LogP contribution >= 0.6 is 11.3 Å². The number of hydrogen-bond acceptors (Lipinski definition) is 5. The van der Waals surface area contributed by atoms with Crippen molar-refractivity contribution in [2.45, 2.75) is 13.8 Å². The number of para-hydroxylation sites is 1. The maximum Gasteiger partial charge on any atom is 0.339 e. The van der Waals surface area contributed by atoms with Gasteiger partial charge in [0.25, 0.3) is 5.91 Å². The van der Waals surface area contributed by atoms with E-state index in [-0.39, 0.29) is 12.5 Å². The number of aryl methyl sites for hydroxylation is 2. The number of carbonyl (C=O) groups excluding carboxylic acids is 2. The van der Waals surface area contributed by atoms with Gasteiger partial charge in [0, 0.05) is 16.6 Å². The number of rotatable bonds is 5. The number of amides is 1. The molecule has 0 radical (unpaired) electrons. The Morgan fingerprint density at radius 1 is 0.941 bits per heavy atom. The Morgan fingerprint density at radius 3 is 2.53 bits per heavy atom. The highest BCUT2D eigenvalue weighted by Crippen LogP contribution is 2.36. The summed E-state index contributed by atoms with van der Waals surface area (Å²) in [6, 6.07) is 25.1. The van der Waals surface area contributed by atoms with Crippen LogP contribution in [-0.2, 0) is 9.53 Å². The van der Waals surface area contributed by atoms with Crippen LogP contribution in [0, 0.1) is 13.8 Å². The Bertz CT molecular complexity index is 1520. The molecule has 0 aliphatic heterocycles. The zero-order chi connectivity index (χ0) is 23.7. The number of anilines is 1. The van der Waals surface area contributed by atoms with E-state index >= 15 is 0 Å². The van der Waals surface area contributed by atoms with Gasteiger partial charge >= 0.3 is 5.97 Å². The number of fused-ring (bicyclic) bond motifs is 2. The Morgan fingerprint density at radius 2 is 1.74 bits per heavy atom. The van der Waals surface area contributed by atoms with Gasteiger partial charge in [0.1, 0.15) is 5.01 Å². The molecule has 0 atom stereocenters. The minimum Gasteiger partial charge on any atom is -0.452 e. The lowest BCUT2D eigenvalue weighted by Crippen LogP contribution is -2.21. The van der Waals surface area contributed by atoms with Crippen LogP contribution in [0.3, 0.4) is 0 Å². The summed E-state index contributed by atoms with van der Waals surface area (Å²) in [7, 11) is 0. The van der Waals surface area contributed by atoms with E-state index in [0.717, 1.165) is 42.7 Å². The quantitative estimate of drug-likeness (QED) is 0.299. The summed E-state index contributed by atoms with van der Waals surface area (Å²) in [4.78, 5) is 30.3. The lowest BCUT2D eigenvalue weighted by atomic mass is 9.99. The monoisotopic (exact) mass is 466 g/mol. The van der Waals surface area contributed by atoms with E-state index in [4.69, 9.17) is 9.72 Å². The molecule has 5 aromatic rings. The lowest BCUT2D eigenvalue weighted by molar-refractivity contribution is -0.119. The topological polar surface area (TPSA) is 68.3 Å². The molecule has 168 valence electrons. The van der Waals surface area contributed by atoms with Crippen LogP contribution in [-0.4, -0.2) is 23.5 Å². The Balaban J connectivity index is 1.42. The number of hydrogen-bond donors (Lipinski definition) is 1. The van der Waals surface area contributed by atoms with E-state index in [1.165, 1.54) is 0 Å². The molecule has 0 fully saturated rings. The third-order valence-corrected chi connectivity index (χ3v) is 6.71. The second-order valence-electron chi connectivity index (χ2n) is 8.14. The van der Waals surface area contributed by atoms with Crippen LogP contribution in [0.2, 0.25) is 0 Å². The summed E-state index contributed by atoms with van der Waals surface area (Å²) in [5.41, 5.74) is 4.96. The smallest absolute Gasteiger partial charge is 0.339 e. The summed E-state index contributed by atoms with van der Waals surface area (Å²) in [6.07, 6.45) is 0. The molecule has 5 rings (SSSR count). The van der Waals surface area contributed by atoms with Crippen molar-refractivity contribution in [2.24, 2.45) is 0 Å². The van der Waals surface area contributed by atoms with Crippen LogP contribution in [0.4, 0.5) is 5.69 Å². The van der Waals surface area contributed by atoms with E-state index in [0.29, 0.717) is 11.3 Å². The first-order chi connectivity index (χ1) is 16.5. The van der Waals surface area contributed by atoms with Gasteiger partial charge in [-0.2, -0.15) is 0 Å². The number of nitrogens with one attached hydrogen (secondary N) is 1. The SMILES string of the molecule is Cc1ccc(NC(=O)COC(=O)c2cccc3cccc(-c4nc5ccccc5s4)c23)c(C)c1. The predicted molar refractivity (Wildman–Crippen MR) is 137 cm³/mol. The fraction of sp³-hybridized carbons (Fsp3) is 0.107. The van der Waals surface area contributed by atoms with Gasteiger partial charge in [0.05, 0.1) is 15.8 Å². The molecule has 0 unspecified atom stereocenters. The standard InChI is InChI=1S/C28H22N2O3S/c1-17-13-14-22(18(2)15-17)29-25(31)16-33-28(32)21-10-6-8-19-7-5-9-20(26(19)21)27-30-23-11-3-4-12-24(23)34-27/h3-15H,16H2,1-2H3,(H,29,31). The molecule has 1 aromatic heterocycles. The van der Waals surface area contributed by atoms with Crippen molar-refractivity contribution in [3.63, 3.8) is 0 Å². The fourth-order valence-corrected chi connectivity index (χ4v) is 5.02. The molecule has 0 aliphatic carbocycles. The summed E-state index contributed by atoms with van der Waals surface area (Å²) in [5, 5.41) is 5.32. The zero-order valence-corrected chi connectivity index (χ0v) is 19.6. The molecule has 0 saturated heterocycles. The van der Waals surface area contributed by atoms with Crippen molar-refractivity contribution < 1.29 is 14.3 Å². The van der Waals surface area contributed by atoms with E-state index in [1.807, 2.05) is 86.6 Å². The maximum atomic E-state index is 13.1. The first-order valence-corrected chi connectivity index (χ1v) is 11.7. The number of nitrogens with zero attached hydrogens (tertiary/aromatic N) is 1. The number of ether oxygens (including phenoxy) is 1. The highest BCUT2D eigenvalue weighted by Gasteiger charge is 2.18. The van der Waals surface area contributed by atoms with Crippen molar-refractivity contribution in [2.75, 3.05) is 11.9 Å². The van der Waals surface area contributed by atoms with Gasteiger partial charge in [-0.3, -0.25) is 4.79 Å².